The molecule has 0 spiro atoms. The smallest absolute Gasteiger partial charge is 0.257 e. The number of amides is 1. The molecular formula is C16H15N3O2. The molecule has 2 aromatic heterocycles. The molecule has 0 radical (unpaired) electrons. The van der Waals surface area contributed by atoms with Gasteiger partial charge in [-0.1, -0.05) is 18.2 Å². The first-order valence-electron chi connectivity index (χ1n) is 6.74. The van der Waals surface area contributed by atoms with Crippen molar-refractivity contribution in [2.45, 2.75) is 6.92 Å². The Morgan fingerprint density at radius 3 is 2.90 bits per heavy atom. The van der Waals surface area contributed by atoms with Gasteiger partial charge in [0.05, 0.1) is 24.1 Å². The van der Waals surface area contributed by atoms with E-state index in [2.05, 4.69) is 15.3 Å². The zero-order valence-electron chi connectivity index (χ0n) is 11.6. The fraction of sp³-hybridized carbons (Fsp3) is 0.125. The second-order valence-corrected chi connectivity index (χ2v) is 4.52. The van der Waals surface area contributed by atoms with Gasteiger partial charge in [-0.3, -0.25) is 4.79 Å². The lowest BCUT2D eigenvalue weighted by Gasteiger charge is -2.05. The van der Waals surface area contributed by atoms with Gasteiger partial charge in [0.1, 0.15) is 0 Å². The topological polar surface area (TPSA) is 67.0 Å². The molecule has 0 aliphatic heterocycles. The number of H-pyrrole nitrogens is 1. The minimum atomic E-state index is -0.168. The van der Waals surface area contributed by atoms with Crippen LogP contribution in [-0.4, -0.2) is 22.5 Å². The molecule has 0 saturated carbocycles. The Kier molecular flexibility index (Phi) is 3.55. The number of fused-ring (bicyclic) bond motifs is 1. The molecule has 106 valence electrons. The van der Waals surface area contributed by atoms with Crippen LogP contribution < -0.4 is 10.1 Å². The van der Waals surface area contributed by atoms with Crippen molar-refractivity contribution < 1.29 is 9.53 Å². The Labute approximate surface area is 122 Å². The van der Waals surface area contributed by atoms with Gasteiger partial charge in [0.2, 0.25) is 5.88 Å². The number of benzene rings is 1. The number of carbonyl (C=O) groups is 1. The Balaban J connectivity index is 1.79. The van der Waals surface area contributed by atoms with Crippen molar-refractivity contribution in [1.29, 1.82) is 0 Å². The highest BCUT2D eigenvalue weighted by Crippen LogP contribution is 2.19. The summed E-state index contributed by atoms with van der Waals surface area (Å²) in [5, 5.41) is 3.73. The number of aromatic amines is 1. The van der Waals surface area contributed by atoms with E-state index in [4.69, 9.17) is 4.74 Å². The molecule has 2 N–H and O–H groups in total. The van der Waals surface area contributed by atoms with Crippen LogP contribution in [0.3, 0.4) is 0 Å². The van der Waals surface area contributed by atoms with E-state index in [1.54, 1.807) is 24.5 Å². The summed E-state index contributed by atoms with van der Waals surface area (Å²) in [5.74, 6) is 0.376. The number of anilines is 1. The van der Waals surface area contributed by atoms with Gasteiger partial charge in [0.15, 0.2) is 0 Å². The summed E-state index contributed by atoms with van der Waals surface area (Å²) in [6.07, 6.45) is 3.29. The van der Waals surface area contributed by atoms with Gasteiger partial charge in [-0.2, -0.15) is 0 Å². The summed E-state index contributed by atoms with van der Waals surface area (Å²) in [6, 6.07) is 11.2. The second kappa shape index (κ2) is 5.66. The molecule has 5 nitrogen and oxygen atoms in total. The highest BCUT2D eigenvalue weighted by molar-refractivity contribution is 6.12. The molecular weight excluding hydrogens is 266 g/mol. The van der Waals surface area contributed by atoms with E-state index in [-0.39, 0.29) is 5.91 Å². The van der Waals surface area contributed by atoms with Crippen LogP contribution in [0, 0.1) is 0 Å². The third-order valence-corrected chi connectivity index (χ3v) is 3.12. The zero-order valence-corrected chi connectivity index (χ0v) is 11.6. The molecule has 1 aromatic carbocycles. The normalized spacial score (nSPS) is 10.5. The maximum atomic E-state index is 12.3. The molecule has 0 aliphatic carbocycles. The quantitative estimate of drug-likeness (QED) is 0.771. The first-order chi connectivity index (χ1) is 10.3. The second-order valence-electron chi connectivity index (χ2n) is 4.52. The molecule has 21 heavy (non-hydrogen) atoms. The van der Waals surface area contributed by atoms with Crippen LogP contribution in [0.25, 0.3) is 10.9 Å². The predicted molar refractivity (Wildman–Crippen MR) is 81.7 cm³/mol. The van der Waals surface area contributed by atoms with Crippen molar-refractivity contribution in [2.75, 3.05) is 11.9 Å². The van der Waals surface area contributed by atoms with Crippen LogP contribution in [0.5, 0.6) is 5.88 Å². The van der Waals surface area contributed by atoms with E-state index in [1.807, 2.05) is 31.2 Å². The summed E-state index contributed by atoms with van der Waals surface area (Å²) in [7, 11) is 0. The molecule has 3 rings (SSSR count). The molecule has 0 fully saturated rings. The largest absolute Gasteiger partial charge is 0.478 e. The number of ether oxygens (including phenoxy) is 1. The highest BCUT2D eigenvalue weighted by atomic mass is 16.5. The van der Waals surface area contributed by atoms with Gasteiger partial charge >= 0.3 is 0 Å². The minimum Gasteiger partial charge on any atom is -0.478 e. The maximum absolute atomic E-state index is 12.3. The van der Waals surface area contributed by atoms with E-state index in [0.717, 1.165) is 10.9 Å². The van der Waals surface area contributed by atoms with Crippen LogP contribution in [0.1, 0.15) is 17.3 Å². The molecule has 3 aromatic rings. The molecule has 1 amide bonds. The van der Waals surface area contributed by atoms with Crippen LogP contribution >= 0.6 is 0 Å². The van der Waals surface area contributed by atoms with Gasteiger partial charge in [0, 0.05) is 23.2 Å². The van der Waals surface area contributed by atoms with E-state index in [0.29, 0.717) is 23.7 Å². The van der Waals surface area contributed by atoms with Gasteiger partial charge in [0.25, 0.3) is 5.91 Å². The predicted octanol–water partition coefficient (Wildman–Crippen LogP) is 3.21. The Hall–Kier alpha value is -2.82. The summed E-state index contributed by atoms with van der Waals surface area (Å²) in [4.78, 5) is 19.5. The van der Waals surface area contributed by atoms with E-state index >= 15 is 0 Å². The van der Waals surface area contributed by atoms with E-state index in [1.165, 1.54) is 0 Å². The number of aromatic nitrogens is 2. The molecule has 0 bridgehead atoms. The fourth-order valence-electron chi connectivity index (χ4n) is 2.15. The average Bonchev–Trinajstić information content (AvgIpc) is 2.93. The van der Waals surface area contributed by atoms with Gasteiger partial charge in [-0.05, 0) is 19.1 Å². The van der Waals surface area contributed by atoms with Crippen LogP contribution in [0.15, 0.2) is 48.8 Å². The lowest BCUT2D eigenvalue weighted by atomic mass is 10.1. The van der Waals surface area contributed by atoms with E-state index in [9.17, 15) is 4.79 Å². The Bertz CT molecular complexity index is 763. The Morgan fingerprint density at radius 2 is 2.14 bits per heavy atom. The van der Waals surface area contributed by atoms with Crippen molar-refractivity contribution in [3.8, 4) is 5.88 Å². The zero-order chi connectivity index (χ0) is 14.7. The maximum Gasteiger partial charge on any atom is 0.257 e. The first kappa shape index (κ1) is 13.2. The SMILES string of the molecule is CCOc1ccc(NC(=O)c2c[nH]c3ccccc23)cn1. The average molecular weight is 281 g/mol. The number of nitrogens with one attached hydrogen (secondary N) is 2. The number of nitrogens with zero attached hydrogens (tertiary/aromatic N) is 1. The molecule has 0 aliphatic rings. The monoisotopic (exact) mass is 281 g/mol. The van der Waals surface area contributed by atoms with Crippen molar-refractivity contribution in [3.05, 3.63) is 54.4 Å². The number of carbonyl (C=O) groups excluding carboxylic acids is 1. The summed E-state index contributed by atoms with van der Waals surface area (Å²) in [6.45, 7) is 2.46. The summed E-state index contributed by atoms with van der Waals surface area (Å²) in [5.41, 5.74) is 2.18. The summed E-state index contributed by atoms with van der Waals surface area (Å²) < 4.78 is 5.27. The van der Waals surface area contributed by atoms with Crippen molar-refractivity contribution >= 4 is 22.5 Å². The molecule has 0 saturated heterocycles. The lowest BCUT2D eigenvalue weighted by Crippen LogP contribution is -2.11. The lowest BCUT2D eigenvalue weighted by molar-refractivity contribution is 0.102. The number of rotatable bonds is 4. The van der Waals surface area contributed by atoms with Gasteiger partial charge in [-0.25, -0.2) is 4.98 Å². The number of para-hydroxylation sites is 1. The van der Waals surface area contributed by atoms with Crippen molar-refractivity contribution in [3.63, 3.8) is 0 Å². The third-order valence-electron chi connectivity index (χ3n) is 3.12. The fourth-order valence-corrected chi connectivity index (χ4v) is 2.15. The van der Waals surface area contributed by atoms with Gasteiger partial charge < -0.3 is 15.0 Å². The van der Waals surface area contributed by atoms with Crippen molar-refractivity contribution in [2.24, 2.45) is 0 Å². The Morgan fingerprint density at radius 1 is 1.29 bits per heavy atom. The third kappa shape index (κ3) is 2.72. The molecule has 0 unspecified atom stereocenters. The standard InChI is InChI=1S/C16H15N3O2/c1-2-21-15-8-7-11(9-18-15)19-16(20)13-10-17-14-6-4-3-5-12(13)14/h3-10,17H,2H2,1H3,(H,19,20). The van der Waals surface area contributed by atoms with Crippen LogP contribution in [0.4, 0.5) is 5.69 Å². The summed E-state index contributed by atoms with van der Waals surface area (Å²) >= 11 is 0. The van der Waals surface area contributed by atoms with E-state index < -0.39 is 0 Å². The highest BCUT2D eigenvalue weighted by Gasteiger charge is 2.11. The number of hydrogen-bond acceptors (Lipinski definition) is 3. The molecule has 0 atom stereocenters. The van der Waals surface area contributed by atoms with Crippen molar-refractivity contribution in [1.82, 2.24) is 9.97 Å². The van der Waals surface area contributed by atoms with Crippen LogP contribution in [-0.2, 0) is 0 Å². The first-order valence-corrected chi connectivity index (χ1v) is 6.74. The van der Waals surface area contributed by atoms with Gasteiger partial charge in [-0.15, -0.1) is 0 Å². The molecule has 2 heterocycles. The minimum absolute atomic E-state index is 0.168. The number of hydrogen-bond donors (Lipinski definition) is 2. The molecule has 5 heteroatoms. The number of pyridine rings is 1. The van der Waals surface area contributed by atoms with Crippen LogP contribution in [0.2, 0.25) is 0 Å².